The first-order valence-corrected chi connectivity index (χ1v) is 5.20. The maximum absolute atomic E-state index is 11.9. The van der Waals surface area contributed by atoms with Crippen LogP contribution in [0.1, 0.15) is 6.42 Å². The van der Waals surface area contributed by atoms with Crippen LogP contribution in [0.2, 0.25) is 0 Å². The Morgan fingerprint density at radius 1 is 1.57 bits per heavy atom. The molecule has 0 aromatic carbocycles. The van der Waals surface area contributed by atoms with E-state index in [4.69, 9.17) is 0 Å². The number of urea groups is 1. The van der Waals surface area contributed by atoms with Crippen molar-refractivity contribution in [2.75, 3.05) is 32.7 Å². The van der Waals surface area contributed by atoms with Crippen molar-refractivity contribution in [2.24, 2.45) is 0 Å². The number of hydrogen-bond donors (Lipinski definition) is 1. The van der Waals surface area contributed by atoms with Crippen LogP contribution in [0, 0.1) is 0 Å². The number of carbonyl (C=O) groups excluding carboxylic acids is 1. The van der Waals surface area contributed by atoms with Crippen LogP contribution in [0.5, 0.6) is 0 Å². The van der Waals surface area contributed by atoms with Crippen molar-refractivity contribution in [1.29, 1.82) is 0 Å². The van der Waals surface area contributed by atoms with E-state index in [0.717, 1.165) is 32.6 Å². The van der Waals surface area contributed by atoms with Gasteiger partial charge >= 0.3 is 6.03 Å². The first-order valence-electron chi connectivity index (χ1n) is 5.20. The molecule has 0 spiro atoms. The Morgan fingerprint density at radius 3 is 3.07 bits per heavy atom. The zero-order valence-corrected chi connectivity index (χ0v) is 8.41. The van der Waals surface area contributed by atoms with Gasteiger partial charge in [-0.05, 0) is 13.0 Å². The van der Waals surface area contributed by atoms with E-state index >= 15 is 0 Å². The molecule has 0 aromatic rings. The lowest BCUT2D eigenvalue weighted by molar-refractivity contribution is 0.183. The number of nitrogens with zero attached hydrogens (tertiary/aromatic N) is 2. The van der Waals surface area contributed by atoms with E-state index in [-0.39, 0.29) is 6.03 Å². The van der Waals surface area contributed by atoms with Gasteiger partial charge in [-0.3, -0.25) is 0 Å². The molecular formula is C10H17N3O. The molecule has 2 saturated heterocycles. The summed E-state index contributed by atoms with van der Waals surface area (Å²) < 4.78 is 0. The molecule has 2 heterocycles. The molecule has 2 aliphatic heterocycles. The summed E-state index contributed by atoms with van der Waals surface area (Å²) in [6.07, 6.45) is 2.88. The molecule has 2 amide bonds. The van der Waals surface area contributed by atoms with Gasteiger partial charge in [0.05, 0.1) is 0 Å². The van der Waals surface area contributed by atoms with Gasteiger partial charge in [0.15, 0.2) is 0 Å². The van der Waals surface area contributed by atoms with Crippen molar-refractivity contribution in [2.45, 2.75) is 12.5 Å². The minimum atomic E-state index is 0.179. The molecule has 0 saturated carbocycles. The van der Waals surface area contributed by atoms with Crippen molar-refractivity contribution >= 4 is 6.03 Å². The number of amides is 2. The lowest BCUT2D eigenvalue weighted by atomic mass is 10.2. The second-order valence-electron chi connectivity index (χ2n) is 3.86. The molecule has 1 atom stereocenters. The Bertz CT molecular complexity index is 236. The average molecular weight is 195 g/mol. The standard InChI is InChI=1S/C10H17N3O/c1-2-5-12-6-7-13(10(12)14)9-3-4-11-8-9/h2,9,11H,1,3-8H2. The van der Waals surface area contributed by atoms with Crippen LogP contribution in [0.4, 0.5) is 4.79 Å². The minimum absolute atomic E-state index is 0.179. The first-order chi connectivity index (χ1) is 6.83. The summed E-state index contributed by atoms with van der Waals surface area (Å²) in [7, 11) is 0. The number of carbonyl (C=O) groups is 1. The van der Waals surface area contributed by atoms with Gasteiger partial charge in [-0.1, -0.05) is 6.08 Å². The molecule has 14 heavy (non-hydrogen) atoms. The number of rotatable bonds is 3. The van der Waals surface area contributed by atoms with E-state index in [0.29, 0.717) is 12.6 Å². The van der Waals surface area contributed by atoms with Crippen LogP contribution in [-0.4, -0.2) is 54.6 Å². The van der Waals surface area contributed by atoms with Crippen LogP contribution in [-0.2, 0) is 0 Å². The van der Waals surface area contributed by atoms with E-state index in [9.17, 15) is 4.79 Å². The quantitative estimate of drug-likeness (QED) is 0.656. The summed E-state index contributed by atoms with van der Waals surface area (Å²) in [5, 5.41) is 3.28. The van der Waals surface area contributed by atoms with Gasteiger partial charge < -0.3 is 15.1 Å². The van der Waals surface area contributed by atoms with Crippen LogP contribution >= 0.6 is 0 Å². The highest BCUT2D eigenvalue weighted by Gasteiger charge is 2.33. The van der Waals surface area contributed by atoms with Crippen LogP contribution in [0.25, 0.3) is 0 Å². The molecule has 0 radical (unpaired) electrons. The summed E-state index contributed by atoms with van der Waals surface area (Å²) in [6, 6.07) is 0.593. The Morgan fingerprint density at radius 2 is 2.43 bits per heavy atom. The normalized spacial score (nSPS) is 27.4. The van der Waals surface area contributed by atoms with Gasteiger partial charge in [0.25, 0.3) is 0 Å². The summed E-state index contributed by atoms with van der Waals surface area (Å²) in [5.74, 6) is 0. The highest BCUT2D eigenvalue weighted by molar-refractivity contribution is 5.77. The van der Waals surface area contributed by atoms with E-state index < -0.39 is 0 Å². The van der Waals surface area contributed by atoms with Crippen LogP contribution in [0.15, 0.2) is 12.7 Å². The third-order valence-corrected chi connectivity index (χ3v) is 2.95. The minimum Gasteiger partial charge on any atom is -0.319 e. The lowest BCUT2D eigenvalue weighted by Crippen LogP contribution is -2.40. The molecule has 2 aliphatic rings. The Labute approximate surface area is 84.6 Å². The molecule has 2 rings (SSSR count). The van der Waals surface area contributed by atoms with Gasteiger partial charge in [0.2, 0.25) is 0 Å². The lowest BCUT2D eigenvalue weighted by Gasteiger charge is -2.23. The summed E-state index contributed by atoms with van der Waals surface area (Å²) in [5.41, 5.74) is 0. The second-order valence-corrected chi connectivity index (χ2v) is 3.86. The van der Waals surface area contributed by atoms with E-state index in [1.165, 1.54) is 0 Å². The molecule has 78 valence electrons. The van der Waals surface area contributed by atoms with Crippen molar-refractivity contribution in [3.05, 3.63) is 12.7 Å². The van der Waals surface area contributed by atoms with Gasteiger partial charge in [-0.2, -0.15) is 0 Å². The van der Waals surface area contributed by atoms with Crippen molar-refractivity contribution < 1.29 is 4.79 Å². The molecule has 0 bridgehead atoms. The Kier molecular flexibility index (Phi) is 2.72. The first kappa shape index (κ1) is 9.52. The highest BCUT2D eigenvalue weighted by atomic mass is 16.2. The van der Waals surface area contributed by atoms with E-state index in [1.54, 1.807) is 6.08 Å². The zero-order valence-electron chi connectivity index (χ0n) is 8.41. The van der Waals surface area contributed by atoms with E-state index in [2.05, 4.69) is 11.9 Å². The molecule has 2 fully saturated rings. The predicted molar refractivity (Wildman–Crippen MR) is 55.1 cm³/mol. The highest BCUT2D eigenvalue weighted by Crippen LogP contribution is 2.16. The number of nitrogens with one attached hydrogen (secondary N) is 1. The Hall–Kier alpha value is -1.03. The molecule has 0 aromatic heterocycles. The zero-order chi connectivity index (χ0) is 9.97. The largest absolute Gasteiger partial charge is 0.320 e. The monoisotopic (exact) mass is 195 g/mol. The summed E-state index contributed by atoms with van der Waals surface area (Å²) in [6.45, 7) is 8.04. The average Bonchev–Trinajstić information content (AvgIpc) is 2.77. The summed E-state index contributed by atoms with van der Waals surface area (Å²) >= 11 is 0. The fourth-order valence-electron chi connectivity index (χ4n) is 2.17. The van der Waals surface area contributed by atoms with Crippen molar-refractivity contribution in [3.63, 3.8) is 0 Å². The maximum atomic E-state index is 11.9. The smallest absolute Gasteiger partial charge is 0.319 e. The van der Waals surface area contributed by atoms with E-state index in [1.807, 2.05) is 9.80 Å². The fourth-order valence-corrected chi connectivity index (χ4v) is 2.17. The molecule has 4 heteroatoms. The second kappa shape index (κ2) is 4.00. The van der Waals surface area contributed by atoms with Crippen molar-refractivity contribution in [1.82, 2.24) is 15.1 Å². The molecule has 4 nitrogen and oxygen atoms in total. The molecular weight excluding hydrogens is 178 g/mol. The Balaban J connectivity index is 1.95. The van der Waals surface area contributed by atoms with Gasteiger partial charge in [-0.25, -0.2) is 4.79 Å². The van der Waals surface area contributed by atoms with Crippen molar-refractivity contribution in [3.8, 4) is 0 Å². The van der Waals surface area contributed by atoms with Gasteiger partial charge in [-0.15, -0.1) is 6.58 Å². The molecule has 0 aliphatic carbocycles. The third kappa shape index (κ3) is 1.62. The SMILES string of the molecule is C=CCN1CCN(C2CCNC2)C1=O. The topological polar surface area (TPSA) is 35.6 Å². The fraction of sp³-hybridized carbons (Fsp3) is 0.700. The maximum Gasteiger partial charge on any atom is 0.320 e. The third-order valence-electron chi connectivity index (χ3n) is 2.95. The van der Waals surface area contributed by atoms with Gasteiger partial charge in [0, 0.05) is 32.2 Å². The van der Waals surface area contributed by atoms with Crippen LogP contribution < -0.4 is 5.32 Å². The van der Waals surface area contributed by atoms with Crippen LogP contribution in [0.3, 0.4) is 0 Å². The number of hydrogen-bond acceptors (Lipinski definition) is 2. The predicted octanol–water partition coefficient (Wildman–Crippen LogP) is 0.272. The molecule has 1 unspecified atom stereocenters. The van der Waals surface area contributed by atoms with Gasteiger partial charge in [0.1, 0.15) is 0 Å². The summed E-state index contributed by atoms with van der Waals surface area (Å²) in [4.78, 5) is 15.7. The molecule has 1 N–H and O–H groups in total.